The molecule has 152 valence electrons. The Bertz CT molecular complexity index is 895. The molecule has 2 aliphatic heterocycles. The van der Waals surface area contributed by atoms with Gasteiger partial charge in [0.2, 0.25) is 0 Å². The van der Waals surface area contributed by atoms with Crippen molar-refractivity contribution in [1.29, 1.82) is 0 Å². The zero-order chi connectivity index (χ0) is 20.4. The number of ether oxygens (including phenoxy) is 1. The summed E-state index contributed by atoms with van der Waals surface area (Å²) < 4.78 is 6.07. The number of carbonyl (C=O) groups is 2. The van der Waals surface area contributed by atoms with Crippen LogP contribution >= 0.6 is 0 Å². The SMILES string of the molecule is CC(CCCc1ccccc1)Oc1cc(O)c2c(c1)N1CCCC1C(C=O)C2=O. The molecule has 2 heterocycles. The first-order chi connectivity index (χ1) is 14.1. The largest absolute Gasteiger partial charge is 0.507 e. The molecule has 3 unspecified atom stereocenters. The number of phenols is 1. The summed E-state index contributed by atoms with van der Waals surface area (Å²) in [6.45, 7) is 2.80. The molecule has 5 heteroatoms. The lowest BCUT2D eigenvalue weighted by Crippen LogP contribution is -2.45. The number of Topliss-reactive ketones (excluding diaryl/α,β-unsaturated/α-hetero) is 1. The predicted molar refractivity (Wildman–Crippen MR) is 112 cm³/mol. The molecule has 4 rings (SSSR count). The van der Waals surface area contributed by atoms with E-state index in [2.05, 4.69) is 17.0 Å². The highest BCUT2D eigenvalue weighted by Gasteiger charge is 2.44. The van der Waals surface area contributed by atoms with Gasteiger partial charge >= 0.3 is 0 Å². The average Bonchev–Trinajstić information content (AvgIpc) is 3.18. The van der Waals surface area contributed by atoms with Crippen LogP contribution in [0.2, 0.25) is 0 Å². The Balaban J connectivity index is 1.47. The number of nitrogens with zero attached hydrogens (tertiary/aromatic N) is 1. The first kappa shape index (κ1) is 19.5. The first-order valence-corrected chi connectivity index (χ1v) is 10.4. The fraction of sp³-hybridized carbons (Fsp3) is 0.417. The van der Waals surface area contributed by atoms with Crippen molar-refractivity contribution in [3.05, 3.63) is 53.6 Å². The molecule has 3 atom stereocenters. The van der Waals surface area contributed by atoms with Gasteiger partial charge in [-0.25, -0.2) is 0 Å². The highest BCUT2D eigenvalue weighted by atomic mass is 16.5. The van der Waals surface area contributed by atoms with E-state index >= 15 is 0 Å². The van der Waals surface area contributed by atoms with Crippen molar-refractivity contribution in [2.24, 2.45) is 5.92 Å². The second-order valence-electron chi connectivity index (χ2n) is 8.07. The number of carbonyl (C=O) groups excluding carboxylic acids is 2. The Morgan fingerprint density at radius 2 is 2.07 bits per heavy atom. The van der Waals surface area contributed by atoms with Gasteiger partial charge in [-0.05, 0) is 44.6 Å². The number of aryl methyl sites for hydroxylation is 1. The van der Waals surface area contributed by atoms with E-state index in [4.69, 9.17) is 4.74 Å². The maximum atomic E-state index is 12.8. The molecule has 0 radical (unpaired) electrons. The van der Waals surface area contributed by atoms with Crippen LogP contribution < -0.4 is 9.64 Å². The third-order valence-corrected chi connectivity index (χ3v) is 6.05. The maximum Gasteiger partial charge on any atom is 0.180 e. The van der Waals surface area contributed by atoms with Crippen molar-refractivity contribution in [1.82, 2.24) is 0 Å². The van der Waals surface area contributed by atoms with E-state index in [0.717, 1.165) is 44.9 Å². The number of hydrogen-bond donors (Lipinski definition) is 1. The van der Waals surface area contributed by atoms with Gasteiger partial charge in [-0.3, -0.25) is 4.79 Å². The number of aromatic hydroxyl groups is 1. The molecule has 29 heavy (non-hydrogen) atoms. The minimum absolute atomic E-state index is 0.00690. The van der Waals surface area contributed by atoms with Crippen molar-refractivity contribution in [3.63, 3.8) is 0 Å². The minimum Gasteiger partial charge on any atom is -0.507 e. The molecule has 0 aliphatic carbocycles. The molecule has 0 aromatic heterocycles. The van der Waals surface area contributed by atoms with Crippen LogP contribution in [0.3, 0.4) is 0 Å². The summed E-state index contributed by atoms with van der Waals surface area (Å²) in [4.78, 5) is 26.3. The van der Waals surface area contributed by atoms with Gasteiger partial charge in [-0.1, -0.05) is 30.3 Å². The Hall–Kier alpha value is -2.82. The van der Waals surface area contributed by atoms with E-state index in [1.165, 1.54) is 11.6 Å². The van der Waals surface area contributed by atoms with Gasteiger partial charge in [0.05, 0.1) is 23.3 Å². The molecule has 1 fully saturated rings. The molecular weight excluding hydrogens is 366 g/mol. The molecule has 2 aromatic rings. The number of ketones is 1. The predicted octanol–water partition coefficient (Wildman–Crippen LogP) is 4.16. The van der Waals surface area contributed by atoms with Crippen LogP contribution in [0.4, 0.5) is 5.69 Å². The smallest absolute Gasteiger partial charge is 0.180 e. The van der Waals surface area contributed by atoms with Crippen LogP contribution in [0, 0.1) is 5.92 Å². The lowest BCUT2D eigenvalue weighted by molar-refractivity contribution is -0.110. The molecule has 0 amide bonds. The zero-order valence-corrected chi connectivity index (χ0v) is 16.7. The number of benzene rings is 2. The number of fused-ring (bicyclic) bond motifs is 3. The number of phenolic OH excluding ortho intramolecular Hbond substituents is 1. The normalized spacial score (nSPS) is 21.4. The molecule has 0 saturated carbocycles. The van der Waals surface area contributed by atoms with Crippen LogP contribution in [0.1, 0.15) is 48.5 Å². The Morgan fingerprint density at radius 3 is 2.83 bits per heavy atom. The van der Waals surface area contributed by atoms with Crippen molar-refractivity contribution < 1.29 is 19.4 Å². The molecule has 1 saturated heterocycles. The summed E-state index contributed by atoms with van der Waals surface area (Å²) in [6, 6.07) is 13.6. The summed E-state index contributed by atoms with van der Waals surface area (Å²) in [5.74, 6) is -0.509. The van der Waals surface area contributed by atoms with Gasteiger partial charge in [0.15, 0.2) is 5.78 Å². The van der Waals surface area contributed by atoms with Gasteiger partial charge in [0, 0.05) is 24.7 Å². The number of rotatable bonds is 7. The van der Waals surface area contributed by atoms with Crippen LogP contribution in [-0.4, -0.2) is 35.9 Å². The molecule has 5 nitrogen and oxygen atoms in total. The third kappa shape index (κ3) is 3.86. The molecule has 2 aliphatic rings. The van der Waals surface area contributed by atoms with Crippen molar-refractivity contribution in [2.45, 2.75) is 51.2 Å². The van der Waals surface area contributed by atoms with Crippen LogP contribution in [0.5, 0.6) is 11.5 Å². The minimum atomic E-state index is -0.695. The first-order valence-electron chi connectivity index (χ1n) is 10.4. The van der Waals surface area contributed by atoms with E-state index in [1.807, 2.05) is 31.2 Å². The van der Waals surface area contributed by atoms with Crippen molar-refractivity contribution in [3.8, 4) is 11.5 Å². The highest BCUT2D eigenvalue weighted by molar-refractivity contribution is 6.13. The second kappa shape index (κ2) is 8.27. The third-order valence-electron chi connectivity index (χ3n) is 6.05. The van der Waals surface area contributed by atoms with Crippen LogP contribution in [-0.2, 0) is 11.2 Å². The monoisotopic (exact) mass is 393 g/mol. The standard InChI is InChI=1S/C24H27NO4/c1-16(7-5-10-17-8-3-2-4-9-17)29-18-13-21-23(22(27)14-18)24(28)19(15-26)20-11-6-12-25(20)21/h2-4,8-9,13-16,19-20,27H,5-7,10-12H2,1H3. The molecule has 0 bridgehead atoms. The van der Waals surface area contributed by atoms with E-state index in [0.29, 0.717) is 11.4 Å². The Labute approximate surface area is 171 Å². The lowest BCUT2D eigenvalue weighted by atomic mass is 9.85. The van der Waals surface area contributed by atoms with Crippen molar-refractivity contribution in [2.75, 3.05) is 11.4 Å². The molecular formula is C24H27NO4. The quantitative estimate of drug-likeness (QED) is 0.565. The van der Waals surface area contributed by atoms with Crippen LogP contribution in [0.15, 0.2) is 42.5 Å². The average molecular weight is 393 g/mol. The molecule has 2 aromatic carbocycles. The lowest BCUT2D eigenvalue weighted by Gasteiger charge is -2.36. The van der Waals surface area contributed by atoms with Gasteiger partial charge in [-0.2, -0.15) is 0 Å². The molecule has 0 spiro atoms. The van der Waals surface area contributed by atoms with Gasteiger partial charge < -0.3 is 19.5 Å². The summed E-state index contributed by atoms with van der Waals surface area (Å²) in [5.41, 5.74) is 2.26. The zero-order valence-electron chi connectivity index (χ0n) is 16.7. The summed E-state index contributed by atoms with van der Waals surface area (Å²) in [6.07, 6.45) is 5.38. The van der Waals surface area contributed by atoms with E-state index in [9.17, 15) is 14.7 Å². The molecule has 1 N–H and O–H groups in total. The van der Waals surface area contributed by atoms with Gasteiger partial charge in [0.1, 0.15) is 17.8 Å². The summed E-state index contributed by atoms with van der Waals surface area (Å²) >= 11 is 0. The van der Waals surface area contributed by atoms with Gasteiger partial charge in [0.25, 0.3) is 0 Å². The van der Waals surface area contributed by atoms with Crippen molar-refractivity contribution >= 4 is 17.8 Å². The summed E-state index contributed by atoms with van der Waals surface area (Å²) in [7, 11) is 0. The van der Waals surface area contributed by atoms with E-state index < -0.39 is 5.92 Å². The van der Waals surface area contributed by atoms with Gasteiger partial charge in [-0.15, -0.1) is 0 Å². The van der Waals surface area contributed by atoms with E-state index in [1.54, 1.807) is 0 Å². The fourth-order valence-corrected chi connectivity index (χ4v) is 4.62. The number of hydrogen-bond acceptors (Lipinski definition) is 5. The second-order valence-corrected chi connectivity index (χ2v) is 8.07. The number of anilines is 1. The Morgan fingerprint density at radius 1 is 1.28 bits per heavy atom. The maximum absolute atomic E-state index is 12.8. The topological polar surface area (TPSA) is 66.8 Å². The number of aldehydes is 1. The van der Waals surface area contributed by atoms with E-state index in [-0.39, 0.29) is 29.2 Å². The summed E-state index contributed by atoms with van der Waals surface area (Å²) in [5, 5.41) is 10.5. The van der Waals surface area contributed by atoms with Crippen LogP contribution in [0.25, 0.3) is 0 Å². The fourth-order valence-electron chi connectivity index (χ4n) is 4.62. The Kier molecular flexibility index (Phi) is 5.56. The highest BCUT2D eigenvalue weighted by Crippen LogP contribution is 2.44.